The summed E-state index contributed by atoms with van der Waals surface area (Å²) >= 11 is 0. The number of aromatic hydroxyl groups is 1. The molecule has 0 aliphatic rings. The molecule has 0 saturated carbocycles. The summed E-state index contributed by atoms with van der Waals surface area (Å²) in [7, 11) is 0. The predicted molar refractivity (Wildman–Crippen MR) is 64.8 cm³/mol. The van der Waals surface area contributed by atoms with Gasteiger partial charge in [-0.2, -0.15) is 0 Å². The number of H-pyrrole nitrogens is 1. The van der Waals surface area contributed by atoms with Gasteiger partial charge in [-0.1, -0.05) is 19.4 Å². The number of aryl methyl sites for hydroxylation is 1. The van der Waals surface area contributed by atoms with Crippen LogP contribution in [0.5, 0.6) is 5.75 Å². The van der Waals surface area contributed by atoms with Crippen LogP contribution in [0.25, 0.3) is 10.9 Å². The van der Waals surface area contributed by atoms with E-state index in [0.29, 0.717) is 10.9 Å². The van der Waals surface area contributed by atoms with Gasteiger partial charge in [-0.15, -0.1) is 0 Å². The number of aromatic amines is 1. The van der Waals surface area contributed by atoms with Crippen molar-refractivity contribution in [2.45, 2.75) is 26.2 Å². The average Bonchev–Trinajstić information content (AvgIpc) is 2.27. The highest BCUT2D eigenvalue weighted by molar-refractivity contribution is 5.85. The van der Waals surface area contributed by atoms with Crippen molar-refractivity contribution in [2.24, 2.45) is 0 Å². The first-order valence-electron chi connectivity index (χ1n) is 5.56. The van der Waals surface area contributed by atoms with E-state index in [1.54, 1.807) is 24.3 Å². The summed E-state index contributed by atoms with van der Waals surface area (Å²) in [5, 5.41) is 10.4. The van der Waals surface area contributed by atoms with Gasteiger partial charge in [0.2, 0.25) is 0 Å². The van der Waals surface area contributed by atoms with Crippen LogP contribution in [0, 0.1) is 0 Å². The van der Waals surface area contributed by atoms with Crippen LogP contribution >= 0.6 is 0 Å². The molecule has 1 aromatic heterocycles. The quantitative estimate of drug-likeness (QED) is 0.830. The molecule has 0 aliphatic carbocycles. The van der Waals surface area contributed by atoms with E-state index in [0.717, 1.165) is 24.8 Å². The number of rotatable bonds is 3. The van der Waals surface area contributed by atoms with Gasteiger partial charge in [-0.05, 0) is 31.0 Å². The lowest BCUT2D eigenvalue weighted by molar-refractivity contribution is 0.481. The monoisotopic (exact) mass is 217 g/mol. The Morgan fingerprint density at radius 1 is 1.38 bits per heavy atom. The predicted octanol–water partition coefficient (Wildman–Crippen LogP) is 2.58. The Balaban J connectivity index is 2.56. The lowest BCUT2D eigenvalue weighted by Gasteiger charge is -2.04. The van der Waals surface area contributed by atoms with Crippen molar-refractivity contribution in [1.82, 2.24) is 4.98 Å². The Hall–Kier alpha value is -1.77. The third-order valence-electron chi connectivity index (χ3n) is 2.74. The molecule has 16 heavy (non-hydrogen) atoms. The van der Waals surface area contributed by atoms with Crippen LogP contribution in [0.3, 0.4) is 0 Å². The molecule has 2 N–H and O–H groups in total. The molecule has 0 atom stereocenters. The topological polar surface area (TPSA) is 53.1 Å². The van der Waals surface area contributed by atoms with Crippen LogP contribution in [-0.2, 0) is 6.42 Å². The van der Waals surface area contributed by atoms with Crippen LogP contribution in [0.15, 0.2) is 29.1 Å². The Morgan fingerprint density at radius 3 is 2.94 bits per heavy atom. The summed E-state index contributed by atoms with van der Waals surface area (Å²) in [6, 6.07) is 6.93. The standard InChI is InChI=1S/C13H15NO2/c1-2-3-5-9-8-10-11(14-13(9)16)6-4-7-12(10)15/h4,6-8,15H,2-3,5H2,1H3,(H,14,16). The number of phenols is 1. The second-order valence-corrected chi connectivity index (χ2v) is 3.97. The van der Waals surface area contributed by atoms with Crippen LogP contribution in [0.2, 0.25) is 0 Å². The average molecular weight is 217 g/mol. The van der Waals surface area contributed by atoms with Gasteiger partial charge in [-0.3, -0.25) is 4.79 Å². The van der Waals surface area contributed by atoms with Gasteiger partial charge in [0.05, 0.1) is 5.52 Å². The van der Waals surface area contributed by atoms with Crippen LogP contribution in [-0.4, -0.2) is 10.1 Å². The molecular weight excluding hydrogens is 202 g/mol. The van der Waals surface area contributed by atoms with E-state index in [-0.39, 0.29) is 11.3 Å². The summed E-state index contributed by atoms with van der Waals surface area (Å²) in [5.41, 5.74) is 1.38. The fourth-order valence-electron chi connectivity index (χ4n) is 1.81. The second kappa shape index (κ2) is 4.39. The van der Waals surface area contributed by atoms with Crippen molar-refractivity contribution in [1.29, 1.82) is 0 Å². The second-order valence-electron chi connectivity index (χ2n) is 3.97. The van der Waals surface area contributed by atoms with Gasteiger partial charge in [0.1, 0.15) is 5.75 Å². The van der Waals surface area contributed by atoms with E-state index in [1.807, 2.05) is 0 Å². The van der Waals surface area contributed by atoms with E-state index in [4.69, 9.17) is 0 Å². The molecular formula is C13H15NO2. The molecule has 0 spiro atoms. The molecule has 3 nitrogen and oxygen atoms in total. The minimum absolute atomic E-state index is 0.0495. The molecule has 0 aliphatic heterocycles. The summed E-state index contributed by atoms with van der Waals surface area (Å²) < 4.78 is 0. The maximum absolute atomic E-state index is 11.7. The third-order valence-corrected chi connectivity index (χ3v) is 2.74. The van der Waals surface area contributed by atoms with E-state index >= 15 is 0 Å². The van der Waals surface area contributed by atoms with E-state index in [2.05, 4.69) is 11.9 Å². The molecule has 1 aromatic carbocycles. The summed E-state index contributed by atoms with van der Waals surface area (Å²) in [4.78, 5) is 14.5. The molecule has 2 aromatic rings. The van der Waals surface area contributed by atoms with Crippen LogP contribution in [0.4, 0.5) is 0 Å². The number of fused-ring (bicyclic) bond motifs is 1. The first-order valence-corrected chi connectivity index (χ1v) is 5.56. The number of unbranched alkanes of at least 4 members (excludes halogenated alkanes) is 1. The fourth-order valence-corrected chi connectivity index (χ4v) is 1.81. The molecule has 0 amide bonds. The smallest absolute Gasteiger partial charge is 0.251 e. The van der Waals surface area contributed by atoms with Crippen molar-refractivity contribution in [3.8, 4) is 5.75 Å². The highest BCUT2D eigenvalue weighted by Gasteiger charge is 2.05. The fraction of sp³-hybridized carbons (Fsp3) is 0.308. The van der Waals surface area contributed by atoms with Gasteiger partial charge < -0.3 is 10.1 Å². The summed E-state index contributed by atoms with van der Waals surface area (Å²) in [6.07, 6.45) is 2.80. The van der Waals surface area contributed by atoms with E-state index in [9.17, 15) is 9.90 Å². The van der Waals surface area contributed by atoms with Crippen molar-refractivity contribution in [3.05, 3.63) is 40.2 Å². The number of hydrogen-bond acceptors (Lipinski definition) is 2. The third kappa shape index (κ3) is 1.94. The zero-order valence-corrected chi connectivity index (χ0v) is 9.29. The molecule has 3 heteroatoms. The molecule has 0 bridgehead atoms. The lowest BCUT2D eigenvalue weighted by Crippen LogP contribution is -2.12. The van der Waals surface area contributed by atoms with Crippen molar-refractivity contribution < 1.29 is 5.11 Å². The molecule has 0 fully saturated rings. The van der Waals surface area contributed by atoms with Crippen LogP contribution < -0.4 is 5.56 Å². The molecule has 0 radical (unpaired) electrons. The van der Waals surface area contributed by atoms with E-state index in [1.165, 1.54) is 0 Å². The Kier molecular flexibility index (Phi) is 2.95. The molecule has 84 valence electrons. The molecule has 1 heterocycles. The van der Waals surface area contributed by atoms with Gasteiger partial charge in [-0.25, -0.2) is 0 Å². The first kappa shape index (κ1) is 10.7. The van der Waals surface area contributed by atoms with Crippen molar-refractivity contribution in [2.75, 3.05) is 0 Å². The largest absolute Gasteiger partial charge is 0.507 e. The van der Waals surface area contributed by atoms with Gasteiger partial charge >= 0.3 is 0 Å². The molecule has 2 rings (SSSR count). The van der Waals surface area contributed by atoms with E-state index < -0.39 is 0 Å². The van der Waals surface area contributed by atoms with Gasteiger partial charge in [0, 0.05) is 10.9 Å². The number of pyridine rings is 1. The Labute approximate surface area is 93.7 Å². The number of nitrogens with one attached hydrogen (secondary N) is 1. The zero-order chi connectivity index (χ0) is 11.5. The van der Waals surface area contributed by atoms with Gasteiger partial charge in [0.25, 0.3) is 5.56 Å². The zero-order valence-electron chi connectivity index (χ0n) is 9.29. The molecule has 0 saturated heterocycles. The number of hydrogen-bond donors (Lipinski definition) is 2. The highest BCUT2D eigenvalue weighted by atomic mass is 16.3. The minimum atomic E-state index is -0.0495. The van der Waals surface area contributed by atoms with Crippen molar-refractivity contribution >= 4 is 10.9 Å². The number of phenolic OH excluding ortho intramolecular Hbond substituents is 1. The Bertz CT molecular complexity index is 557. The SMILES string of the molecule is CCCCc1cc2c(O)cccc2[nH]c1=O. The minimum Gasteiger partial charge on any atom is -0.507 e. The highest BCUT2D eigenvalue weighted by Crippen LogP contribution is 2.22. The number of aromatic nitrogens is 1. The normalized spacial score (nSPS) is 10.8. The molecule has 0 unspecified atom stereocenters. The summed E-state index contributed by atoms with van der Waals surface area (Å²) in [5.74, 6) is 0.214. The van der Waals surface area contributed by atoms with Crippen molar-refractivity contribution in [3.63, 3.8) is 0 Å². The Morgan fingerprint density at radius 2 is 2.19 bits per heavy atom. The maximum atomic E-state index is 11.7. The summed E-state index contributed by atoms with van der Waals surface area (Å²) in [6.45, 7) is 2.09. The first-order chi connectivity index (χ1) is 7.72. The maximum Gasteiger partial charge on any atom is 0.251 e. The lowest BCUT2D eigenvalue weighted by atomic mass is 10.1. The number of benzene rings is 1. The van der Waals surface area contributed by atoms with Crippen LogP contribution in [0.1, 0.15) is 25.3 Å². The van der Waals surface area contributed by atoms with Gasteiger partial charge in [0.15, 0.2) is 0 Å².